The summed E-state index contributed by atoms with van der Waals surface area (Å²) in [6.07, 6.45) is 4.32. The van der Waals surface area contributed by atoms with Crippen LogP contribution in [0.4, 0.5) is 4.39 Å². The number of allylic oxidation sites excluding steroid dienone is 4. The van der Waals surface area contributed by atoms with Crippen molar-refractivity contribution in [1.82, 2.24) is 0 Å². The van der Waals surface area contributed by atoms with Crippen molar-refractivity contribution in [2.24, 2.45) is 28.6 Å². The first-order chi connectivity index (χ1) is 16.8. The van der Waals surface area contributed by atoms with E-state index in [-0.39, 0.29) is 31.0 Å². The van der Waals surface area contributed by atoms with Crippen LogP contribution < -0.4 is 0 Å². The van der Waals surface area contributed by atoms with Gasteiger partial charge in [0.1, 0.15) is 0 Å². The number of ketones is 2. The van der Waals surface area contributed by atoms with Gasteiger partial charge < -0.3 is 14.6 Å². The Hall–Kier alpha value is -2.35. The summed E-state index contributed by atoms with van der Waals surface area (Å²) in [6.45, 7) is 8.05. The molecule has 4 aliphatic rings. The molecule has 7 nitrogen and oxygen atoms in total. The molecule has 3 fully saturated rings. The maximum atomic E-state index is 17.4. The molecule has 36 heavy (non-hydrogen) atoms. The number of aliphatic hydroxyl groups excluding tert-OH is 1. The average Bonchev–Trinajstić information content (AvgIpc) is 3.05. The molecule has 4 aliphatic carbocycles. The number of aliphatic hydroxyl groups is 1. The molecular formula is C28H37FO7. The number of hydrogen-bond donors (Lipinski definition) is 1. The summed E-state index contributed by atoms with van der Waals surface area (Å²) in [6, 6.07) is 0. The minimum Gasteiger partial charge on any atom is -0.457 e. The van der Waals surface area contributed by atoms with E-state index in [1.54, 1.807) is 33.8 Å². The van der Waals surface area contributed by atoms with Gasteiger partial charge in [-0.2, -0.15) is 0 Å². The lowest BCUT2D eigenvalue weighted by Gasteiger charge is -2.62. The molecule has 0 radical (unpaired) electrons. The second kappa shape index (κ2) is 8.89. The van der Waals surface area contributed by atoms with Crippen LogP contribution in [0.15, 0.2) is 23.8 Å². The lowest BCUT2D eigenvalue weighted by atomic mass is 9.44. The summed E-state index contributed by atoms with van der Waals surface area (Å²) in [5.74, 6) is -3.31. The number of hydrogen-bond acceptors (Lipinski definition) is 7. The van der Waals surface area contributed by atoms with E-state index >= 15 is 4.39 Å². The Morgan fingerprint density at radius 2 is 1.81 bits per heavy atom. The average molecular weight is 505 g/mol. The predicted octanol–water partition coefficient (Wildman–Crippen LogP) is 3.82. The van der Waals surface area contributed by atoms with E-state index in [4.69, 9.17) is 9.47 Å². The topological polar surface area (TPSA) is 107 Å². The zero-order valence-corrected chi connectivity index (χ0v) is 21.8. The van der Waals surface area contributed by atoms with Gasteiger partial charge in [-0.3, -0.25) is 19.2 Å². The number of esters is 2. The Morgan fingerprint density at radius 3 is 2.44 bits per heavy atom. The Kier molecular flexibility index (Phi) is 6.60. The molecule has 0 amide bonds. The van der Waals surface area contributed by atoms with Gasteiger partial charge in [0.15, 0.2) is 23.7 Å². The fourth-order valence-electron chi connectivity index (χ4n) is 8.01. The SMILES string of the molecule is CCC(=O)OCC(=O)[C@]1(OC(=O)CC)[C@H](C)C[C@H]2[C@@H]3CCC4=CC(=O)C=C[C@]4(C)[C@@]3(F)[C@@H](O)C[C@]21C. The highest BCUT2D eigenvalue weighted by Gasteiger charge is 2.77. The van der Waals surface area contributed by atoms with Crippen molar-refractivity contribution >= 4 is 23.5 Å². The lowest BCUT2D eigenvalue weighted by molar-refractivity contribution is -0.228. The van der Waals surface area contributed by atoms with Crippen LogP contribution in [0.3, 0.4) is 0 Å². The molecule has 1 N–H and O–H groups in total. The Balaban J connectivity index is 1.80. The number of carbonyl (C=O) groups excluding carboxylic acids is 4. The number of Topliss-reactive ketones (excluding diaryl/α,β-unsaturated/α-hetero) is 1. The van der Waals surface area contributed by atoms with Gasteiger partial charge in [0.2, 0.25) is 5.78 Å². The van der Waals surface area contributed by atoms with Gasteiger partial charge in [0.25, 0.3) is 0 Å². The highest BCUT2D eigenvalue weighted by Crippen LogP contribution is 2.71. The molecule has 0 aromatic heterocycles. The maximum absolute atomic E-state index is 17.4. The molecule has 8 heteroatoms. The summed E-state index contributed by atoms with van der Waals surface area (Å²) in [5.41, 5.74) is -5.26. The van der Waals surface area contributed by atoms with Gasteiger partial charge in [-0.1, -0.05) is 39.3 Å². The Labute approximate surface area is 211 Å². The third-order valence-corrected chi connectivity index (χ3v) is 9.81. The molecule has 0 spiro atoms. The second-order valence-electron chi connectivity index (χ2n) is 11.4. The first-order valence-electron chi connectivity index (χ1n) is 13.0. The minimum absolute atomic E-state index is 0.0430. The number of ether oxygens (including phenoxy) is 2. The number of fused-ring (bicyclic) bond motifs is 5. The highest BCUT2D eigenvalue weighted by molar-refractivity contribution is 6.01. The molecule has 0 heterocycles. The van der Waals surface area contributed by atoms with Crippen LogP contribution in [-0.2, 0) is 28.7 Å². The Bertz CT molecular complexity index is 1050. The van der Waals surface area contributed by atoms with E-state index in [0.717, 1.165) is 0 Å². The fourth-order valence-corrected chi connectivity index (χ4v) is 8.01. The van der Waals surface area contributed by atoms with E-state index in [1.807, 2.05) is 6.92 Å². The van der Waals surface area contributed by atoms with E-state index in [2.05, 4.69) is 0 Å². The van der Waals surface area contributed by atoms with Crippen LogP contribution in [0.2, 0.25) is 0 Å². The van der Waals surface area contributed by atoms with Crippen molar-refractivity contribution in [2.45, 2.75) is 90.5 Å². The monoisotopic (exact) mass is 504 g/mol. The molecule has 0 saturated heterocycles. The van der Waals surface area contributed by atoms with Crippen molar-refractivity contribution in [3.05, 3.63) is 23.8 Å². The van der Waals surface area contributed by atoms with Crippen LogP contribution in [0, 0.1) is 28.6 Å². The van der Waals surface area contributed by atoms with E-state index in [1.165, 1.54) is 12.2 Å². The zero-order valence-electron chi connectivity index (χ0n) is 21.8. The van der Waals surface area contributed by atoms with Crippen LogP contribution in [0.25, 0.3) is 0 Å². The van der Waals surface area contributed by atoms with Crippen LogP contribution >= 0.6 is 0 Å². The normalized spacial score (nSPS) is 43.1. The summed E-state index contributed by atoms with van der Waals surface area (Å²) in [5, 5.41) is 11.5. The molecule has 3 saturated carbocycles. The van der Waals surface area contributed by atoms with Crippen molar-refractivity contribution in [2.75, 3.05) is 6.61 Å². The smallest absolute Gasteiger partial charge is 0.306 e. The summed E-state index contributed by atoms with van der Waals surface area (Å²) < 4.78 is 28.5. The van der Waals surface area contributed by atoms with E-state index in [9.17, 15) is 24.3 Å². The first kappa shape index (κ1) is 26.7. The fraction of sp³-hybridized carbons (Fsp3) is 0.714. The maximum Gasteiger partial charge on any atom is 0.306 e. The van der Waals surface area contributed by atoms with E-state index < -0.39 is 64.4 Å². The van der Waals surface area contributed by atoms with Crippen molar-refractivity contribution in [3.8, 4) is 0 Å². The van der Waals surface area contributed by atoms with Gasteiger partial charge in [-0.15, -0.1) is 0 Å². The lowest BCUT2D eigenvalue weighted by Crippen LogP contribution is -2.70. The molecule has 4 rings (SSSR count). The molecule has 0 bridgehead atoms. The van der Waals surface area contributed by atoms with Gasteiger partial charge in [0.05, 0.1) is 6.10 Å². The van der Waals surface area contributed by atoms with Crippen LogP contribution in [0.1, 0.15) is 73.1 Å². The predicted molar refractivity (Wildman–Crippen MR) is 128 cm³/mol. The van der Waals surface area contributed by atoms with Gasteiger partial charge in [-0.05, 0) is 50.7 Å². The molecule has 0 aromatic rings. The third-order valence-electron chi connectivity index (χ3n) is 9.81. The van der Waals surface area contributed by atoms with Crippen LogP contribution in [-0.4, -0.2) is 52.6 Å². The van der Waals surface area contributed by atoms with Crippen LogP contribution in [0.5, 0.6) is 0 Å². The summed E-state index contributed by atoms with van der Waals surface area (Å²) >= 11 is 0. The molecule has 198 valence electrons. The van der Waals surface area contributed by atoms with Crippen molar-refractivity contribution in [1.29, 1.82) is 0 Å². The van der Waals surface area contributed by atoms with Crippen molar-refractivity contribution in [3.63, 3.8) is 0 Å². The largest absolute Gasteiger partial charge is 0.457 e. The number of halogens is 1. The van der Waals surface area contributed by atoms with Gasteiger partial charge >= 0.3 is 11.9 Å². The van der Waals surface area contributed by atoms with Gasteiger partial charge in [0, 0.05) is 35.5 Å². The Morgan fingerprint density at radius 1 is 1.14 bits per heavy atom. The summed E-state index contributed by atoms with van der Waals surface area (Å²) in [7, 11) is 0. The quantitative estimate of drug-likeness (QED) is 0.548. The minimum atomic E-state index is -2.05. The van der Waals surface area contributed by atoms with E-state index in [0.29, 0.717) is 24.8 Å². The molecule has 0 aromatic carbocycles. The summed E-state index contributed by atoms with van der Waals surface area (Å²) in [4.78, 5) is 50.3. The zero-order chi connectivity index (χ0) is 26.7. The van der Waals surface area contributed by atoms with Crippen molar-refractivity contribution < 1.29 is 38.1 Å². The number of carbonyl (C=O) groups is 4. The standard InChI is InChI=1S/C28H37FO7/c1-6-23(33)35-15-22(32)28(36-24(34)7-2)16(3)12-20-19-9-8-17-13-18(30)10-11-25(17,4)27(19,29)21(31)14-26(20,28)5/h10-11,13,16,19-21,31H,6-9,12,14-15H2,1-5H3/t16-,19+,20+,21+,25+,26-,27+,28-/m1/s1. The molecule has 0 aliphatic heterocycles. The molecule has 8 atom stereocenters. The second-order valence-corrected chi connectivity index (χ2v) is 11.4. The number of alkyl halides is 1. The molecular weight excluding hydrogens is 467 g/mol. The molecule has 0 unspecified atom stereocenters. The highest BCUT2D eigenvalue weighted by atomic mass is 19.1. The third kappa shape index (κ3) is 3.39. The first-order valence-corrected chi connectivity index (χ1v) is 13.0. The number of rotatable bonds is 6. The van der Waals surface area contributed by atoms with Gasteiger partial charge in [-0.25, -0.2) is 4.39 Å².